The van der Waals surface area contributed by atoms with Crippen molar-refractivity contribution in [2.24, 2.45) is 0 Å². The van der Waals surface area contributed by atoms with Crippen LogP contribution in [0.5, 0.6) is 11.5 Å². The normalized spacial score (nSPS) is 10.4. The zero-order chi connectivity index (χ0) is 20.4. The smallest absolute Gasteiger partial charge is 0.262 e. The highest BCUT2D eigenvalue weighted by molar-refractivity contribution is 7.80. The van der Waals surface area contributed by atoms with Crippen LogP contribution in [0.1, 0.15) is 18.1 Å². The van der Waals surface area contributed by atoms with Gasteiger partial charge in [0.05, 0.1) is 18.7 Å². The third-order valence-corrected chi connectivity index (χ3v) is 4.09. The molecule has 0 aliphatic carbocycles. The lowest BCUT2D eigenvalue weighted by molar-refractivity contribution is -0.116. The van der Waals surface area contributed by atoms with E-state index in [-0.39, 0.29) is 5.91 Å². The second-order valence-electron chi connectivity index (χ2n) is 5.58. The Morgan fingerprint density at radius 2 is 1.96 bits per heavy atom. The topological polar surface area (TPSA) is 71.6 Å². The number of methoxy groups -OCH3 is 1. The number of nitrogens with one attached hydrogen (secondary N) is 3. The predicted octanol–water partition coefficient (Wildman–Crippen LogP) is 3.46. The van der Waals surface area contributed by atoms with Gasteiger partial charge in [-0.2, -0.15) is 0 Å². The minimum absolute atomic E-state index is 0.316. The van der Waals surface area contributed by atoms with E-state index in [4.69, 9.17) is 33.3 Å². The summed E-state index contributed by atoms with van der Waals surface area (Å²) in [6, 6.07) is 13.2. The Morgan fingerprint density at radius 1 is 1.21 bits per heavy atom. The van der Waals surface area contributed by atoms with Gasteiger partial charge in [-0.1, -0.05) is 41.9 Å². The maximum atomic E-state index is 12.0. The average Bonchev–Trinajstić information content (AvgIpc) is 2.71. The van der Waals surface area contributed by atoms with Crippen molar-refractivity contribution in [3.63, 3.8) is 0 Å². The number of benzene rings is 2. The highest BCUT2D eigenvalue weighted by Gasteiger charge is 2.10. The van der Waals surface area contributed by atoms with Crippen LogP contribution in [0.3, 0.4) is 0 Å². The molecule has 0 heterocycles. The van der Waals surface area contributed by atoms with Crippen LogP contribution >= 0.6 is 23.8 Å². The van der Waals surface area contributed by atoms with Crippen LogP contribution < -0.4 is 25.6 Å². The molecular formula is C20H22ClN3O3S. The number of hydrogen-bond donors (Lipinski definition) is 3. The summed E-state index contributed by atoms with van der Waals surface area (Å²) in [5.74, 6) is 0.608. The van der Waals surface area contributed by atoms with Gasteiger partial charge in [0.15, 0.2) is 16.6 Å². The Morgan fingerprint density at radius 3 is 2.64 bits per heavy atom. The van der Waals surface area contributed by atoms with Crippen LogP contribution in [0.4, 0.5) is 0 Å². The Bertz CT molecular complexity index is 844. The fourth-order valence-corrected chi connectivity index (χ4v) is 2.67. The molecule has 3 N–H and O–H groups in total. The number of amides is 1. The molecule has 2 aromatic carbocycles. The molecule has 0 fully saturated rings. The average molecular weight is 420 g/mol. The number of rotatable bonds is 7. The summed E-state index contributed by atoms with van der Waals surface area (Å²) >= 11 is 11.3. The molecule has 0 saturated heterocycles. The molecule has 148 valence electrons. The Hall–Kier alpha value is -2.77. The SMILES string of the molecule is CCOc1c(Cl)cc(/C=C/C(=O)NNC(=S)NCc2ccccc2)cc1OC. The lowest BCUT2D eigenvalue weighted by Gasteiger charge is -2.12. The maximum Gasteiger partial charge on any atom is 0.262 e. The van der Waals surface area contributed by atoms with Gasteiger partial charge in [-0.25, -0.2) is 0 Å². The summed E-state index contributed by atoms with van der Waals surface area (Å²) in [5.41, 5.74) is 6.92. The van der Waals surface area contributed by atoms with Crippen molar-refractivity contribution in [1.82, 2.24) is 16.2 Å². The first-order valence-electron chi connectivity index (χ1n) is 8.59. The molecular weight excluding hydrogens is 398 g/mol. The molecule has 1 amide bonds. The summed E-state index contributed by atoms with van der Waals surface area (Å²) < 4.78 is 10.8. The van der Waals surface area contributed by atoms with Crippen molar-refractivity contribution in [3.05, 3.63) is 64.7 Å². The number of hydrogen-bond acceptors (Lipinski definition) is 4. The van der Waals surface area contributed by atoms with E-state index in [9.17, 15) is 4.79 Å². The van der Waals surface area contributed by atoms with Crippen LogP contribution in [0.15, 0.2) is 48.5 Å². The van der Waals surface area contributed by atoms with Gasteiger partial charge in [0.25, 0.3) is 5.91 Å². The minimum Gasteiger partial charge on any atom is -0.493 e. The highest BCUT2D eigenvalue weighted by atomic mass is 35.5. The van der Waals surface area contributed by atoms with Crippen LogP contribution in [0, 0.1) is 0 Å². The summed E-state index contributed by atoms with van der Waals surface area (Å²) in [5, 5.41) is 3.73. The molecule has 0 aliphatic rings. The van der Waals surface area contributed by atoms with E-state index in [1.54, 1.807) is 18.2 Å². The number of halogens is 1. The van der Waals surface area contributed by atoms with Gasteiger partial charge in [-0.3, -0.25) is 15.6 Å². The van der Waals surface area contributed by atoms with Crippen molar-refractivity contribution in [2.75, 3.05) is 13.7 Å². The second-order valence-corrected chi connectivity index (χ2v) is 6.40. The van der Waals surface area contributed by atoms with E-state index in [1.807, 2.05) is 37.3 Å². The van der Waals surface area contributed by atoms with E-state index in [0.717, 1.165) is 5.56 Å². The van der Waals surface area contributed by atoms with E-state index in [0.29, 0.717) is 40.3 Å². The minimum atomic E-state index is -0.368. The van der Waals surface area contributed by atoms with Crippen molar-refractivity contribution in [2.45, 2.75) is 13.5 Å². The van der Waals surface area contributed by atoms with Gasteiger partial charge in [0.1, 0.15) is 0 Å². The summed E-state index contributed by atoms with van der Waals surface area (Å²) in [6.45, 7) is 2.89. The van der Waals surface area contributed by atoms with E-state index in [2.05, 4.69) is 16.2 Å². The van der Waals surface area contributed by atoms with Crippen molar-refractivity contribution < 1.29 is 14.3 Å². The third-order valence-electron chi connectivity index (χ3n) is 3.56. The lowest BCUT2D eigenvalue weighted by Crippen LogP contribution is -2.45. The Labute approximate surface area is 174 Å². The first-order chi connectivity index (χ1) is 13.5. The molecule has 0 bridgehead atoms. The van der Waals surface area contributed by atoms with Crippen LogP contribution in [-0.4, -0.2) is 24.7 Å². The van der Waals surface area contributed by atoms with E-state index in [1.165, 1.54) is 13.2 Å². The van der Waals surface area contributed by atoms with Gasteiger partial charge in [0, 0.05) is 12.6 Å². The van der Waals surface area contributed by atoms with Crippen LogP contribution in [-0.2, 0) is 11.3 Å². The van der Waals surface area contributed by atoms with Crippen LogP contribution in [0.2, 0.25) is 5.02 Å². The monoisotopic (exact) mass is 419 g/mol. The molecule has 0 unspecified atom stereocenters. The maximum absolute atomic E-state index is 12.0. The number of hydrazine groups is 1. The standard InChI is InChI=1S/C20H22ClN3O3S/c1-3-27-19-16(21)11-15(12-17(19)26-2)9-10-18(25)23-24-20(28)22-13-14-7-5-4-6-8-14/h4-12H,3,13H2,1-2H3,(H,23,25)(H2,22,24,28)/b10-9+. The van der Waals surface area contributed by atoms with Gasteiger partial charge < -0.3 is 14.8 Å². The Kier molecular flexibility index (Phi) is 8.58. The van der Waals surface area contributed by atoms with Crippen molar-refractivity contribution in [3.8, 4) is 11.5 Å². The number of carbonyl (C=O) groups excluding carboxylic acids is 1. The van der Waals surface area contributed by atoms with Crippen LogP contribution in [0.25, 0.3) is 6.08 Å². The molecule has 0 spiro atoms. The number of thiocarbonyl (C=S) groups is 1. The number of carbonyl (C=O) groups is 1. The zero-order valence-corrected chi connectivity index (χ0v) is 17.2. The fraction of sp³-hybridized carbons (Fsp3) is 0.200. The van der Waals surface area contributed by atoms with E-state index < -0.39 is 0 Å². The molecule has 28 heavy (non-hydrogen) atoms. The fourth-order valence-electron chi connectivity index (χ4n) is 2.27. The van der Waals surface area contributed by atoms with Crippen molar-refractivity contribution in [1.29, 1.82) is 0 Å². The molecule has 0 radical (unpaired) electrons. The molecule has 0 aromatic heterocycles. The van der Waals surface area contributed by atoms with Crippen molar-refractivity contribution >= 4 is 40.9 Å². The zero-order valence-electron chi connectivity index (χ0n) is 15.6. The highest BCUT2D eigenvalue weighted by Crippen LogP contribution is 2.36. The van der Waals surface area contributed by atoms with Gasteiger partial charge in [-0.05, 0) is 48.5 Å². The quantitative estimate of drug-likeness (QED) is 0.362. The van der Waals surface area contributed by atoms with Gasteiger partial charge in [-0.15, -0.1) is 0 Å². The first kappa shape index (κ1) is 21.5. The molecule has 0 aliphatic heterocycles. The second kappa shape index (κ2) is 11.2. The summed E-state index contributed by atoms with van der Waals surface area (Å²) in [6.07, 6.45) is 2.97. The van der Waals surface area contributed by atoms with E-state index >= 15 is 0 Å². The third kappa shape index (κ3) is 6.75. The predicted molar refractivity (Wildman–Crippen MR) is 115 cm³/mol. The molecule has 6 nitrogen and oxygen atoms in total. The Balaban J connectivity index is 1.86. The molecule has 0 saturated carbocycles. The van der Waals surface area contributed by atoms with Gasteiger partial charge >= 0.3 is 0 Å². The molecule has 0 atom stereocenters. The summed E-state index contributed by atoms with van der Waals surface area (Å²) in [7, 11) is 1.53. The molecule has 2 rings (SSSR count). The number of ether oxygens (including phenoxy) is 2. The first-order valence-corrected chi connectivity index (χ1v) is 9.38. The molecule has 8 heteroatoms. The summed E-state index contributed by atoms with van der Waals surface area (Å²) in [4.78, 5) is 12.0. The largest absolute Gasteiger partial charge is 0.493 e. The lowest BCUT2D eigenvalue weighted by atomic mass is 10.2. The van der Waals surface area contributed by atoms with Gasteiger partial charge in [0.2, 0.25) is 0 Å². The molecule has 2 aromatic rings.